The smallest absolute Gasteiger partial charge is 0.325 e. The largest absolute Gasteiger partial charge is 0.348 e. The first-order valence-corrected chi connectivity index (χ1v) is 8.14. The molecule has 1 atom stereocenters. The summed E-state index contributed by atoms with van der Waals surface area (Å²) in [6, 6.07) is 2.09. The highest BCUT2D eigenvalue weighted by atomic mass is 19.1. The van der Waals surface area contributed by atoms with Gasteiger partial charge in [0, 0.05) is 17.3 Å². The fourth-order valence-electron chi connectivity index (χ4n) is 2.89. The summed E-state index contributed by atoms with van der Waals surface area (Å²) in [7, 11) is 0. The van der Waals surface area contributed by atoms with Crippen LogP contribution in [0.25, 0.3) is 5.69 Å². The van der Waals surface area contributed by atoms with Crippen LogP contribution in [0.1, 0.15) is 24.2 Å². The first-order valence-electron chi connectivity index (χ1n) is 8.14. The summed E-state index contributed by atoms with van der Waals surface area (Å²) >= 11 is 0. The van der Waals surface area contributed by atoms with Crippen LogP contribution in [0.3, 0.4) is 0 Å². The van der Waals surface area contributed by atoms with Crippen molar-refractivity contribution in [2.24, 2.45) is 0 Å². The number of hydrogen-bond acceptors (Lipinski definition) is 4. The Bertz CT molecular complexity index is 927. The van der Waals surface area contributed by atoms with E-state index < -0.39 is 35.5 Å². The average molecular weight is 377 g/mol. The normalized spacial score (nSPS) is 15.0. The number of amides is 4. The molecule has 8 nitrogen and oxygen atoms in total. The van der Waals surface area contributed by atoms with Gasteiger partial charge in [0.05, 0.1) is 12.2 Å². The number of hydrogen-bond donors (Lipinski definition) is 2. The van der Waals surface area contributed by atoms with E-state index in [4.69, 9.17) is 0 Å². The van der Waals surface area contributed by atoms with Gasteiger partial charge in [-0.1, -0.05) is 0 Å². The molecule has 2 heterocycles. The highest BCUT2D eigenvalue weighted by Gasteiger charge is 2.28. The number of benzene rings is 1. The minimum atomic E-state index is -0.755. The fraction of sp³-hybridized carbons (Fsp3) is 0.294. The summed E-state index contributed by atoms with van der Waals surface area (Å²) in [6.45, 7) is 2.98. The minimum absolute atomic E-state index is 0.0888. The maximum absolute atomic E-state index is 14.0. The van der Waals surface area contributed by atoms with Crippen LogP contribution in [-0.4, -0.2) is 45.6 Å². The molecule has 4 amide bonds. The number of rotatable bonds is 5. The quantitative estimate of drug-likeness (QED) is 0.765. The Morgan fingerprint density at radius 1 is 1.37 bits per heavy atom. The molecule has 2 aromatic rings. The number of urea groups is 1. The van der Waals surface area contributed by atoms with Crippen molar-refractivity contribution < 1.29 is 23.2 Å². The number of carbonyl (C=O) groups excluding carboxylic acids is 3. The molecule has 0 spiro atoms. The lowest BCUT2D eigenvalue weighted by atomic mass is 10.1. The van der Waals surface area contributed by atoms with Gasteiger partial charge in [0.15, 0.2) is 5.82 Å². The predicted molar refractivity (Wildman–Crippen MR) is 89.9 cm³/mol. The lowest BCUT2D eigenvalue weighted by Gasteiger charge is -2.17. The van der Waals surface area contributed by atoms with Gasteiger partial charge in [0.1, 0.15) is 24.6 Å². The number of carbonyl (C=O) groups is 3. The Morgan fingerprint density at radius 3 is 2.74 bits per heavy atom. The predicted octanol–water partition coefficient (Wildman–Crippen LogP) is 1.19. The second kappa shape index (κ2) is 7.14. The molecule has 1 aromatic carbocycles. The van der Waals surface area contributed by atoms with Crippen molar-refractivity contribution in [2.45, 2.75) is 19.9 Å². The number of nitrogens with zero attached hydrogens (tertiary/aromatic N) is 3. The zero-order valence-electron chi connectivity index (χ0n) is 14.6. The molecule has 1 aliphatic heterocycles. The molecule has 1 aliphatic rings. The summed E-state index contributed by atoms with van der Waals surface area (Å²) in [5.74, 6) is -2.35. The number of nitrogens with one attached hydrogen (secondary N) is 2. The molecule has 27 heavy (non-hydrogen) atoms. The van der Waals surface area contributed by atoms with Crippen LogP contribution in [0.5, 0.6) is 0 Å². The molecule has 0 radical (unpaired) electrons. The van der Waals surface area contributed by atoms with Gasteiger partial charge in [0.2, 0.25) is 11.8 Å². The number of halogens is 2. The SMILES string of the molecule is Cc1c([C@@H](C)NC(=O)CN2CC(=O)NC2=O)cnn1-c1ccc(F)cc1F. The molecule has 142 valence electrons. The molecule has 0 saturated carbocycles. The second-order valence-electron chi connectivity index (χ2n) is 6.19. The molecule has 1 saturated heterocycles. The molecule has 1 fully saturated rings. The summed E-state index contributed by atoms with van der Waals surface area (Å²) in [4.78, 5) is 35.9. The van der Waals surface area contributed by atoms with Gasteiger partial charge >= 0.3 is 6.03 Å². The molecular formula is C17H17F2N5O3. The van der Waals surface area contributed by atoms with Gasteiger partial charge in [-0.05, 0) is 26.0 Å². The van der Waals surface area contributed by atoms with Crippen LogP contribution < -0.4 is 10.6 Å². The third-order valence-electron chi connectivity index (χ3n) is 4.23. The van der Waals surface area contributed by atoms with Gasteiger partial charge in [0.25, 0.3) is 0 Å². The molecule has 10 heteroatoms. The van der Waals surface area contributed by atoms with Crippen molar-refractivity contribution in [3.8, 4) is 5.69 Å². The van der Waals surface area contributed by atoms with E-state index in [1.165, 1.54) is 16.9 Å². The molecular weight excluding hydrogens is 360 g/mol. The average Bonchev–Trinajstić information content (AvgIpc) is 3.09. The van der Waals surface area contributed by atoms with Crippen LogP contribution >= 0.6 is 0 Å². The van der Waals surface area contributed by atoms with Gasteiger partial charge in [-0.2, -0.15) is 5.10 Å². The first-order chi connectivity index (χ1) is 12.8. The van der Waals surface area contributed by atoms with E-state index in [2.05, 4.69) is 15.7 Å². The Kier molecular flexibility index (Phi) is 4.89. The van der Waals surface area contributed by atoms with Crippen molar-refractivity contribution >= 4 is 17.8 Å². The highest BCUT2D eigenvalue weighted by Crippen LogP contribution is 2.22. The van der Waals surface area contributed by atoms with Crippen molar-refractivity contribution in [1.29, 1.82) is 0 Å². The second-order valence-corrected chi connectivity index (χ2v) is 6.19. The fourth-order valence-corrected chi connectivity index (χ4v) is 2.89. The first kappa shape index (κ1) is 18.5. The zero-order chi connectivity index (χ0) is 19.7. The van der Waals surface area contributed by atoms with Crippen LogP contribution in [0, 0.1) is 18.6 Å². The van der Waals surface area contributed by atoms with Crippen LogP contribution in [0.15, 0.2) is 24.4 Å². The molecule has 0 aliphatic carbocycles. The molecule has 0 unspecified atom stereocenters. The Balaban J connectivity index is 1.71. The maximum Gasteiger partial charge on any atom is 0.325 e. The summed E-state index contributed by atoms with van der Waals surface area (Å²) in [5, 5.41) is 8.91. The van der Waals surface area contributed by atoms with Gasteiger partial charge < -0.3 is 10.2 Å². The Labute approximate surface area is 153 Å². The van der Waals surface area contributed by atoms with Crippen molar-refractivity contribution in [3.63, 3.8) is 0 Å². The van der Waals surface area contributed by atoms with E-state index in [0.29, 0.717) is 11.3 Å². The van der Waals surface area contributed by atoms with Crippen LogP contribution in [0.2, 0.25) is 0 Å². The lowest BCUT2D eigenvalue weighted by molar-refractivity contribution is -0.122. The van der Waals surface area contributed by atoms with Crippen molar-refractivity contribution in [2.75, 3.05) is 13.1 Å². The number of aromatic nitrogens is 2. The third kappa shape index (κ3) is 3.78. The van der Waals surface area contributed by atoms with E-state index in [-0.39, 0.29) is 18.8 Å². The monoisotopic (exact) mass is 377 g/mol. The van der Waals surface area contributed by atoms with E-state index >= 15 is 0 Å². The minimum Gasteiger partial charge on any atom is -0.348 e. The topological polar surface area (TPSA) is 96.3 Å². The van der Waals surface area contributed by atoms with E-state index in [9.17, 15) is 23.2 Å². The van der Waals surface area contributed by atoms with Crippen molar-refractivity contribution in [3.05, 3.63) is 47.3 Å². The van der Waals surface area contributed by atoms with Crippen LogP contribution in [0.4, 0.5) is 13.6 Å². The van der Waals surface area contributed by atoms with Gasteiger partial charge in [-0.15, -0.1) is 0 Å². The van der Waals surface area contributed by atoms with Gasteiger partial charge in [-0.25, -0.2) is 18.3 Å². The standard InChI is InChI=1S/C17H17F2N5O3/c1-9(21-15(25)7-23-8-16(26)22-17(23)27)12-6-20-24(10(12)2)14-4-3-11(18)5-13(14)19/h3-6,9H,7-8H2,1-2H3,(H,21,25)(H,22,26,27)/t9-/m1/s1. The Morgan fingerprint density at radius 2 is 2.11 bits per heavy atom. The molecule has 0 bridgehead atoms. The van der Waals surface area contributed by atoms with E-state index in [0.717, 1.165) is 17.0 Å². The maximum atomic E-state index is 14.0. The summed E-state index contributed by atoms with van der Waals surface area (Å²) in [5.41, 5.74) is 1.29. The van der Waals surface area contributed by atoms with E-state index in [1.807, 2.05) is 0 Å². The highest BCUT2D eigenvalue weighted by molar-refractivity contribution is 6.03. The third-order valence-corrected chi connectivity index (χ3v) is 4.23. The van der Waals surface area contributed by atoms with E-state index in [1.54, 1.807) is 13.8 Å². The van der Waals surface area contributed by atoms with Crippen LogP contribution in [-0.2, 0) is 9.59 Å². The molecule has 1 aromatic heterocycles. The zero-order valence-corrected chi connectivity index (χ0v) is 14.6. The Hall–Kier alpha value is -3.30. The molecule has 2 N–H and O–H groups in total. The van der Waals surface area contributed by atoms with Crippen molar-refractivity contribution in [1.82, 2.24) is 25.3 Å². The summed E-state index contributed by atoms with van der Waals surface area (Å²) in [6.07, 6.45) is 1.48. The number of imide groups is 1. The lowest BCUT2D eigenvalue weighted by Crippen LogP contribution is -2.39. The molecule has 3 rings (SSSR count). The van der Waals surface area contributed by atoms with Gasteiger partial charge in [-0.3, -0.25) is 14.9 Å². The summed E-state index contributed by atoms with van der Waals surface area (Å²) < 4.78 is 28.4.